The number of amidine groups is 1. The first-order valence-corrected chi connectivity index (χ1v) is 11.7. The molecule has 2 aromatic rings. The number of rotatable bonds is 12. The van der Waals surface area contributed by atoms with Crippen LogP contribution in [0.5, 0.6) is 0 Å². The minimum absolute atomic E-state index is 0.00398. The average Bonchev–Trinajstić information content (AvgIpc) is 2.92. The minimum Gasteiger partial charge on any atom is -0.482 e. The van der Waals surface area contributed by atoms with Crippen molar-refractivity contribution in [3.63, 3.8) is 0 Å². The maximum atomic E-state index is 13.7. The van der Waals surface area contributed by atoms with Gasteiger partial charge in [-0.1, -0.05) is 60.7 Å². The molecular formula is C27H34N2O7. The summed E-state index contributed by atoms with van der Waals surface area (Å²) in [4.78, 5) is 18.2. The summed E-state index contributed by atoms with van der Waals surface area (Å²) in [6.45, 7) is 1.86. The molecule has 0 aromatic heterocycles. The van der Waals surface area contributed by atoms with E-state index in [1.165, 1.54) is 21.3 Å². The van der Waals surface area contributed by atoms with Gasteiger partial charge in [0.1, 0.15) is 0 Å². The number of nitrogens with one attached hydrogen (secondary N) is 1. The largest absolute Gasteiger partial charge is 0.482 e. The lowest BCUT2D eigenvalue weighted by molar-refractivity contribution is -0.169. The summed E-state index contributed by atoms with van der Waals surface area (Å²) in [5.41, 5.74) is -1.11. The van der Waals surface area contributed by atoms with Gasteiger partial charge in [0, 0.05) is 26.9 Å². The molecule has 0 bridgehead atoms. The molecule has 1 heterocycles. The van der Waals surface area contributed by atoms with E-state index < -0.39 is 23.4 Å². The second-order valence-corrected chi connectivity index (χ2v) is 8.28. The van der Waals surface area contributed by atoms with Gasteiger partial charge in [0.2, 0.25) is 6.10 Å². The van der Waals surface area contributed by atoms with E-state index in [1.54, 1.807) is 13.0 Å². The van der Waals surface area contributed by atoms with Gasteiger partial charge < -0.3 is 28.8 Å². The van der Waals surface area contributed by atoms with Crippen molar-refractivity contribution in [3.05, 3.63) is 83.7 Å². The number of nitrogens with zero attached hydrogens (tertiary/aromatic N) is 1. The number of carbonyl (C=O) groups excluding carboxylic acids is 1. The molecule has 3 rings (SSSR count). The summed E-state index contributed by atoms with van der Waals surface area (Å²) in [7, 11) is 4.53. The zero-order valence-corrected chi connectivity index (χ0v) is 21.1. The molecule has 36 heavy (non-hydrogen) atoms. The molecule has 0 fully saturated rings. The molecule has 9 heteroatoms. The Bertz CT molecular complexity index is 1000. The Hall–Kier alpha value is -3.40. The van der Waals surface area contributed by atoms with Gasteiger partial charge in [-0.3, -0.25) is 5.32 Å². The molecule has 0 saturated heterocycles. The van der Waals surface area contributed by atoms with Gasteiger partial charge in [0.15, 0.2) is 17.2 Å². The number of esters is 1. The molecule has 194 valence electrons. The molecule has 9 nitrogen and oxygen atoms in total. The zero-order chi connectivity index (χ0) is 26.0. The van der Waals surface area contributed by atoms with Crippen LogP contribution in [0.4, 0.5) is 0 Å². The summed E-state index contributed by atoms with van der Waals surface area (Å²) in [6.07, 6.45) is 1.35. The van der Waals surface area contributed by atoms with Crippen molar-refractivity contribution in [2.75, 3.05) is 34.5 Å². The van der Waals surface area contributed by atoms with Crippen LogP contribution in [0.2, 0.25) is 0 Å². The molecule has 1 aliphatic heterocycles. The average molecular weight is 499 g/mol. The molecule has 0 saturated carbocycles. The Balaban J connectivity index is 2.12. The number of aliphatic hydroxyl groups is 1. The van der Waals surface area contributed by atoms with Gasteiger partial charge in [-0.2, -0.15) is 4.99 Å². The summed E-state index contributed by atoms with van der Waals surface area (Å²) in [6, 6.07) is 18.7. The van der Waals surface area contributed by atoms with E-state index in [1.807, 2.05) is 60.7 Å². The highest BCUT2D eigenvalue weighted by atomic mass is 16.6. The van der Waals surface area contributed by atoms with Crippen LogP contribution >= 0.6 is 0 Å². The SMILES string of the molecule is COC1=CC(C)(OC)N=C(O[C@H](C(=O)OCCCCO)C(OC)(c2ccccc2)c2ccccc2)N1. The molecule has 2 atom stereocenters. The van der Waals surface area contributed by atoms with E-state index in [4.69, 9.17) is 28.8 Å². The monoisotopic (exact) mass is 498 g/mol. The number of benzene rings is 2. The number of carbonyl (C=O) groups is 1. The summed E-state index contributed by atoms with van der Waals surface area (Å²) in [5.74, 6) is -0.304. The Labute approximate surface area is 211 Å². The smallest absolute Gasteiger partial charge is 0.351 e. The summed E-state index contributed by atoms with van der Waals surface area (Å²) < 4.78 is 29.0. The predicted octanol–water partition coefficient (Wildman–Crippen LogP) is 3.09. The summed E-state index contributed by atoms with van der Waals surface area (Å²) >= 11 is 0. The van der Waals surface area contributed by atoms with Crippen LogP contribution in [0.25, 0.3) is 0 Å². The predicted molar refractivity (Wildman–Crippen MR) is 134 cm³/mol. The lowest BCUT2D eigenvalue weighted by Gasteiger charge is -2.39. The molecule has 0 spiro atoms. The maximum Gasteiger partial charge on any atom is 0.351 e. The Morgan fingerprint density at radius 2 is 1.64 bits per heavy atom. The zero-order valence-electron chi connectivity index (χ0n) is 21.1. The standard InChI is InChI=1S/C27H34N2O7/c1-26(33-3)19-22(32-2)28-25(29-26)36-23(24(31)35-18-12-11-17-30)27(34-4,20-13-7-5-8-14-20)21-15-9-6-10-16-21/h5-10,13-16,19,23,30H,11-12,17-18H2,1-4H3,(H,28,29)/t23-,26?/m1/s1. The molecule has 0 aliphatic carbocycles. The van der Waals surface area contributed by atoms with Crippen molar-refractivity contribution >= 4 is 12.0 Å². The highest BCUT2D eigenvalue weighted by Gasteiger charge is 2.50. The van der Waals surface area contributed by atoms with Crippen LogP contribution in [-0.4, -0.2) is 63.5 Å². The quantitative estimate of drug-likeness (QED) is 0.340. The van der Waals surface area contributed by atoms with E-state index >= 15 is 0 Å². The first-order valence-electron chi connectivity index (χ1n) is 11.7. The molecule has 2 N–H and O–H groups in total. The van der Waals surface area contributed by atoms with Crippen molar-refractivity contribution in [2.45, 2.75) is 37.2 Å². The van der Waals surface area contributed by atoms with Gasteiger partial charge in [0.05, 0.1) is 13.7 Å². The van der Waals surface area contributed by atoms with E-state index in [0.29, 0.717) is 29.9 Å². The second kappa shape index (κ2) is 12.5. The van der Waals surface area contributed by atoms with Crippen molar-refractivity contribution in [1.82, 2.24) is 5.32 Å². The minimum atomic E-state index is -1.39. The molecule has 1 aliphatic rings. The third-order valence-electron chi connectivity index (χ3n) is 5.92. The number of aliphatic hydroxyl groups excluding tert-OH is 1. The summed E-state index contributed by atoms with van der Waals surface area (Å²) in [5, 5.41) is 12.0. The third kappa shape index (κ3) is 6.04. The van der Waals surface area contributed by atoms with E-state index in [-0.39, 0.29) is 19.2 Å². The number of hydrogen-bond acceptors (Lipinski definition) is 9. The van der Waals surface area contributed by atoms with Gasteiger partial charge in [-0.05, 0) is 30.9 Å². The van der Waals surface area contributed by atoms with Gasteiger partial charge >= 0.3 is 5.97 Å². The third-order valence-corrected chi connectivity index (χ3v) is 5.92. The number of ether oxygens (including phenoxy) is 5. The second-order valence-electron chi connectivity index (χ2n) is 8.28. The number of methoxy groups -OCH3 is 3. The highest BCUT2D eigenvalue weighted by molar-refractivity contribution is 5.84. The Morgan fingerprint density at radius 1 is 1.03 bits per heavy atom. The fourth-order valence-electron chi connectivity index (χ4n) is 3.97. The van der Waals surface area contributed by atoms with Crippen molar-refractivity contribution in [2.24, 2.45) is 4.99 Å². The topological polar surface area (TPSA) is 108 Å². The van der Waals surface area contributed by atoms with Crippen LogP contribution in [0.15, 0.2) is 77.6 Å². The van der Waals surface area contributed by atoms with Crippen LogP contribution in [-0.2, 0) is 34.1 Å². The molecule has 0 amide bonds. The number of aliphatic imine (C=N–C) groups is 1. The Kier molecular flexibility index (Phi) is 9.46. The lowest BCUT2D eigenvalue weighted by atomic mass is 9.81. The van der Waals surface area contributed by atoms with Gasteiger partial charge in [-0.15, -0.1) is 0 Å². The lowest BCUT2D eigenvalue weighted by Crippen LogP contribution is -2.52. The van der Waals surface area contributed by atoms with E-state index in [2.05, 4.69) is 10.3 Å². The van der Waals surface area contributed by atoms with Crippen LogP contribution in [0, 0.1) is 0 Å². The first-order chi connectivity index (χ1) is 17.4. The van der Waals surface area contributed by atoms with Gasteiger partial charge in [0.25, 0.3) is 6.02 Å². The first kappa shape index (κ1) is 27.2. The van der Waals surface area contributed by atoms with Crippen LogP contribution < -0.4 is 5.32 Å². The molecule has 2 aromatic carbocycles. The number of hydrogen-bond donors (Lipinski definition) is 2. The van der Waals surface area contributed by atoms with E-state index in [0.717, 1.165) is 0 Å². The van der Waals surface area contributed by atoms with E-state index in [9.17, 15) is 4.79 Å². The van der Waals surface area contributed by atoms with Crippen molar-refractivity contribution in [1.29, 1.82) is 0 Å². The fourth-order valence-corrected chi connectivity index (χ4v) is 3.97. The number of unbranched alkanes of at least 4 members (excludes halogenated alkanes) is 1. The van der Waals surface area contributed by atoms with Crippen LogP contribution in [0.3, 0.4) is 0 Å². The Morgan fingerprint density at radius 3 is 2.14 bits per heavy atom. The molecule has 1 unspecified atom stereocenters. The fraction of sp³-hybridized carbons (Fsp3) is 0.407. The van der Waals surface area contributed by atoms with Gasteiger partial charge in [-0.25, -0.2) is 4.79 Å². The normalized spacial score (nSPS) is 18.4. The maximum absolute atomic E-state index is 13.7. The van der Waals surface area contributed by atoms with Crippen LogP contribution in [0.1, 0.15) is 30.9 Å². The highest BCUT2D eigenvalue weighted by Crippen LogP contribution is 2.39. The van der Waals surface area contributed by atoms with Crippen molar-refractivity contribution in [3.8, 4) is 0 Å². The molecule has 0 radical (unpaired) electrons. The molecular weight excluding hydrogens is 464 g/mol. The van der Waals surface area contributed by atoms with Crippen molar-refractivity contribution < 1.29 is 33.6 Å².